The lowest BCUT2D eigenvalue weighted by Gasteiger charge is -2.38. The highest BCUT2D eigenvalue weighted by molar-refractivity contribution is 6.30. The number of carboxylic acid groups (broad SMARTS) is 1. The van der Waals surface area contributed by atoms with Crippen molar-refractivity contribution in [2.45, 2.75) is 37.8 Å². The van der Waals surface area contributed by atoms with Gasteiger partial charge in [0.15, 0.2) is 17.1 Å². The molecule has 0 aliphatic carbocycles. The number of aromatic nitrogens is 1. The summed E-state index contributed by atoms with van der Waals surface area (Å²) >= 11 is 5.91. The van der Waals surface area contributed by atoms with Gasteiger partial charge in [-0.25, -0.2) is 4.79 Å². The maximum Gasteiger partial charge on any atom is 0.343 e. The molecule has 7 heteroatoms. The molecule has 2 N–H and O–H groups in total. The van der Waals surface area contributed by atoms with E-state index in [0.29, 0.717) is 16.4 Å². The molecule has 132 valence electrons. The Labute approximate surface area is 150 Å². The quantitative estimate of drug-likeness (QED) is 0.866. The van der Waals surface area contributed by atoms with Crippen molar-refractivity contribution in [3.63, 3.8) is 0 Å². The van der Waals surface area contributed by atoms with Gasteiger partial charge < -0.3 is 19.6 Å². The first-order valence-corrected chi connectivity index (χ1v) is 8.84. The third-order valence-electron chi connectivity index (χ3n) is 5.33. The fraction of sp³-hybridized carbons (Fsp3) is 0.444. The number of rotatable bonds is 4. The zero-order chi connectivity index (χ0) is 17.6. The molecule has 0 spiro atoms. The van der Waals surface area contributed by atoms with Gasteiger partial charge in [0.2, 0.25) is 0 Å². The fourth-order valence-electron chi connectivity index (χ4n) is 4.23. The largest absolute Gasteiger partial charge is 0.477 e. The predicted molar refractivity (Wildman–Crippen MR) is 93.0 cm³/mol. The minimum Gasteiger partial charge on any atom is -0.477 e. The molecule has 2 aliphatic heterocycles. The Hall–Kier alpha value is -2.05. The molecule has 25 heavy (non-hydrogen) atoms. The van der Waals surface area contributed by atoms with Crippen LogP contribution < -0.4 is 4.90 Å². The van der Waals surface area contributed by atoms with Gasteiger partial charge in [-0.3, -0.25) is 0 Å². The second kappa shape index (κ2) is 6.35. The lowest BCUT2D eigenvalue weighted by molar-refractivity contribution is 0.0697. The minimum absolute atomic E-state index is 0.0988. The summed E-state index contributed by atoms with van der Waals surface area (Å²) in [5, 5.41) is 24.0. The van der Waals surface area contributed by atoms with Crippen molar-refractivity contribution in [2.24, 2.45) is 5.92 Å². The average molecular weight is 363 g/mol. The second-order valence-electron chi connectivity index (χ2n) is 6.83. The van der Waals surface area contributed by atoms with Crippen molar-refractivity contribution in [2.75, 3.05) is 11.5 Å². The Kier molecular flexibility index (Phi) is 4.17. The van der Waals surface area contributed by atoms with Gasteiger partial charge in [0.05, 0.1) is 0 Å². The van der Waals surface area contributed by atoms with Crippen LogP contribution in [0.5, 0.6) is 0 Å². The van der Waals surface area contributed by atoms with E-state index < -0.39 is 5.97 Å². The van der Waals surface area contributed by atoms with E-state index >= 15 is 0 Å². The van der Waals surface area contributed by atoms with Crippen LogP contribution in [0.2, 0.25) is 5.02 Å². The van der Waals surface area contributed by atoms with Gasteiger partial charge in [-0.15, -0.1) is 0 Å². The van der Waals surface area contributed by atoms with E-state index in [9.17, 15) is 15.0 Å². The van der Waals surface area contributed by atoms with Crippen molar-refractivity contribution in [3.05, 3.63) is 34.9 Å². The Bertz CT molecular complexity index is 775. The summed E-state index contributed by atoms with van der Waals surface area (Å²) in [4.78, 5) is 14.0. The Morgan fingerprint density at radius 3 is 2.44 bits per heavy atom. The SMILES string of the molecule is O=C(O)c1c(N2[C@@H]3CC[C@H]2CC(CO)C3)noc1-c1ccc(Cl)cc1. The van der Waals surface area contributed by atoms with E-state index in [2.05, 4.69) is 10.1 Å². The van der Waals surface area contributed by atoms with Crippen LogP contribution >= 0.6 is 11.6 Å². The smallest absolute Gasteiger partial charge is 0.343 e. The van der Waals surface area contributed by atoms with Gasteiger partial charge in [0, 0.05) is 29.3 Å². The van der Waals surface area contributed by atoms with E-state index in [-0.39, 0.29) is 35.9 Å². The molecule has 2 aromatic rings. The lowest BCUT2D eigenvalue weighted by atomic mass is 9.91. The molecular weight excluding hydrogens is 344 g/mol. The van der Waals surface area contributed by atoms with Crippen molar-refractivity contribution < 1.29 is 19.5 Å². The summed E-state index contributed by atoms with van der Waals surface area (Å²) < 4.78 is 5.45. The summed E-state index contributed by atoms with van der Waals surface area (Å²) in [5.74, 6) is -0.112. The number of aliphatic hydroxyl groups is 1. The number of benzene rings is 1. The summed E-state index contributed by atoms with van der Waals surface area (Å²) in [7, 11) is 0. The second-order valence-corrected chi connectivity index (χ2v) is 7.27. The summed E-state index contributed by atoms with van der Waals surface area (Å²) in [6.45, 7) is 0.182. The van der Waals surface area contributed by atoms with Gasteiger partial charge in [0.1, 0.15) is 0 Å². The topological polar surface area (TPSA) is 86.8 Å². The maximum atomic E-state index is 11.9. The normalized spacial score (nSPS) is 25.4. The van der Waals surface area contributed by atoms with Crippen LogP contribution in [-0.4, -0.2) is 40.0 Å². The lowest BCUT2D eigenvalue weighted by Crippen LogP contribution is -2.44. The summed E-state index contributed by atoms with van der Waals surface area (Å²) in [5.41, 5.74) is 0.736. The molecule has 6 nitrogen and oxygen atoms in total. The third kappa shape index (κ3) is 2.79. The summed E-state index contributed by atoms with van der Waals surface area (Å²) in [6.07, 6.45) is 3.69. The predicted octanol–water partition coefficient (Wildman–Crippen LogP) is 3.43. The first-order valence-electron chi connectivity index (χ1n) is 8.46. The molecule has 2 fully saturated rings. The molecule has 3 atom stereocenters. The molecule has 2 bridgehead atoms. The van der Waals surface area contributed by atoms with Crippen molar-refractivity contribution in [3.8, 4) is 11.3 Å². The number of aliphatic hydroxyl groups excluding tert-OH is 1. The first-order chi connectivity index (χ1) is 12.1. The molecule has 0 radical (unpaired) electrons. The van der Waals surface area contributed by atoms with Crippen LogP contribution in [0.4, 0.5) is 5.82 Å². The van der Waals surface area contributed by atoms with E-state index in [1.165, 1.54) is 0 Å². The molecule has 0 saturated carbocycles. The molecule has 1 aromatic heterocycles. The number of carboxylic acids is 1. The number of hydrogen-bond acceptors (Lipinski definition) is 5. The monoisotopic (exact) mass is 362 g/mol. The van der Waals surface area contributed by atoms with Crippen LogP contribution in [-0.2, 0) is 0 Å². The standard InChI is InChI=1S/C18H19ClN2O4/c19-12-3-1-11(2-4-12)16-15(18(23)24)17(20-25-16)21-13-5-6-14(21)8-10(7-13)9-22/h1-4,10,13-14,22H,5-9H2,(H,23,24)/t10?,13-,14+. The number of halogens is 1. The van der Waals surface area contributed by atoms with Crippen LogP contribution in [0.3, 0.4) is 0 Å². The zero-order valence-corrected chi connectivity index (χ0v) is 14.3. The van der Waals surface area contributed by atoms with E-state index in [4.69, 9.17) is 16.1 Å². The molecule has 1 aromatic carbocycles. The van der Waals surface area contributed by atoms with Crippen LogP contribution in [0, 0.1) is 5.92 Å². The summed E-state index contributed by atoms with van der Waals surface area (Å²) in [6, 6.07) is 7.26. The van der Waals surface area contributed by atoms with Crippen LogP contribution in [0.25, 0.3) is 11.3 Å². The number of hydrogen-bond donors (Lipinski definition) is 2. The van der Waals surface area contributed by atoms with E-state index in [0.717, 1.165) is 25.7 Å². The Morgan fingerprint density at radius 1 is 1.24 bits per heavy atom. The minimum atomic E-state index is -1.05. The van der Waals surface area contributed by atoms with Crippen LogP contribution in [0.1, 0.15) is 36.0 Å². The first kappa shape index (κ1) is 16.4. The molecule has 2 saturated heterocycles. The number of aromatic carboxylic acids is 1. The number of carbonyl (C=O) groups is 1. The molecule has 4 rings (SSSR count). The fourth-order valence-corrected chi connectivity index (χ4v) is 4.36. The van der Waals surface area contributed by atoms with Crippen molar-refractivity contribution >= 4 is 23.4 Å². The number of nitrogens with zero attached hydrogens (tertiary/aromatic N) is 2. The number of piperidine rings is 1. The van der Waals surface area contributed by atoms with E-state index in [1.807, 2.05) is 0 Å². The van der Waals surface area contributed by atoms with Crippen LogP contribution in [0.15, 0.2) is 28.8 Å². The average Bonchev–Trinajstić information content (AvgIpc) is 3.13. The molecule has 2 aliphatic rings. The number of anilines is 1. The van der Waals surface area contributed by atoms with Gasteiger partial charge >= 0.3 is 5.97 Å². The van der Waals surface area contributed by atoms with Gasteiger partial charge in [-0.05, 0) is 55.9 Å². The highest BCUT2D eigenvalue weighted by atomic mass is 35.5. The molecule has 3 heterocycles. The third-order valence-corrected chi connectivity index (χ3v) is 5.58. The Morgan fingerprint density at radius 2 is 1.88 bits per heavy atom. The number of fused-ring (bicyclic) bond motifs is 2. The van der Waals surface area contributed by atoms with Gasteiger partial charge in [-0.1, -0.05) is 16.8 Å². The molecule has 1 unspecified atom stereocenters. The molecule has 0 amide bonds. The Balaban J connectivity index is 1.74. The van der Waals surface area contributed by atoms with Gasteiger partial charge in [-0.2, -0.15) is 0 Å². The van der Waals surface area contributed by atoms with Crippen molar-refractivity contribution in [1.29, 1.82) is 0 Å². The van der Waals surface area contributed by atoms with Crippen molar-refractivity contribution in [1.82, 2.24) is 5.16 Å². The molecular formula is C18H19ClN2O4. The van der Waals surface area contributed by atoms with Gasteiger partial charge in [0.25, 0.3) is 0 Å². The van der Waals surface area contributed by atoms with E-state index in [1.54, 1.807) is 24.3 Å². The highest BCUT2D eigenvalue weighted by Crippen LogP contribution is 2.44. The highest BCUT2D eigenvalue weighted by Gasteiger charge is 2.44. The maximum absolute atomic E-state index is 11.9. The zero-order valence-electron chi connectivity index (χ0n) is 13.6.